The van der Waals surface area contributed by atoms with E-state index in [4.69, 9.17) is 4.98 Å². The molecule has 3 heterocycles. The Bertz CT molecular complexity index is 1690. The van der Waals surface area contributed by atoms with Crippen LogP contribution in [-0.2, 0) is 10.0 Å². The quantitative estimate of drug-likeness (QED) is 0.267. The predicted molar refractivity (Wildman–Crippen MR) is 163 cm³/mol. The summed E-state index contributed by atoms with van der Waals surface area (Å²) in [5.41, 5.74) is 1.28. The average Bonchev–Trinajstić information content (AvgIpc) is 2.98. The van der Waals surface area contributed by atoms with Crippen LogP contribution in [0.4, 0.5) is 16.2 Å². The third-order valence-corrected chi connectivity index (χ3v) is 9.12. The van der Waals surface area contributed by atoms with E-state index in [9.17, 15) is 17.6 Å². The minimum Gasteiger partial charge on any atom is -0.351 e. The number of fused-ring (bicyclic) bond motifs is 1. The van der Waals surface area contributed by atoms with Crippen molar-refractivity contribution < 1.29 is 12.8 Å². The van der Waals surface area contributed by atoms with Crippen LogP contribution in [0.3, 0.4) is 0 Å². The molecule has 0 unspecified atom stereocenters. The lowest BCUT2D eigenvalue weighted by Gasteiger charge is -2.34. The van der Waals surface area contributed by atoms with Crippen LogP contribution in [0.1, 0.15) is 45.6 Å². The number of hydrogen-bond acceptors (Lipinski definition) is 8. The van der Waals surface area contributed by atoms with Gasteiger partial charge in [-0.15, -0.1) is 0 Å². The van der Waals surface area contributed by atoms with Gasteiger partial charge in [0, 0.05) is 53.6 Å². The molecule has 1 saturated carbocycles. The van der Waals surface area contributed by atoms with Crippen LogP contribution >= 0.6 is 0 Å². The first-order valence-corrected chi connectivity index (χ1v) is 15.6. The molecule has 0 bridgehead atoms. The van der Waals surface area contributed by atoms with Gasteiger partial charge in [-0.25, -0.2) is 22.8 Å². The Morgan fingerprint density at radius 2 is 1.79 bits per heavy atom. The lowest BCUT2D eigenvalue weighted by molar-refractivity contribution is 0.174. The number of benzene rings is 1. The largest absolute Gasteiger partial charge is 0.351 e. The molecule has 1 aliphatic carbocycles. The maximum atomic E-state index is 13.7. The maximum Gasteiger partial charge on any atom is 0.263 e. The van der Waals surface area contributed by atoms with Gasteiger partial charge in [-0.05, 0) is 76.9 Å². The molecule has 12 heteroatoms. The van der Waals surface area contributed by atoms with Gasteiger partial charge in [-0.1, -0.05) is 18.2 Å². The molecule has 222 valence electrons. The van der Waals surface area contributed by atoms with E-state index in [2.05, 4.69) is 24.9 Å². The van der Waals surface area contributed by atoms with Crippen molar-refractivity contribution in [3.8, 4) is 11.1 Å². The number of pyridine rings is 2. The first kappa shape index (κ1) is 29.6. The van der Waals surface area contributed by atoms with E-state index in [0.717, 1.165) is 25.7 Å². The molecular formula is C30H36FN7O3S. The summed E-state index contributed by atoms with van der Waals surface area (Å²) in [7, 11) is -1.81. The fraction of sp³-hybridized carbons (Fsp3) is 0.400. The van der Waals surface area contributed by atoms with E-state index in [1.807, 2.05) is 20.9 Å². The Morgan fingerprint density at radius 1 is 1.05 bits per heavy atom. The Balaban J connectivity index is 1.37. The zero-order chi connectivity index (χ0) is 29.9. The molecule has 1 aromatic carbocycles. The summed E-state index contributed by atoms with van der Waals surface area (Å²) < 4.78 is 42.2. The number of anilines is 2. The van der Waals surface area contributed by atoms with E-state index < -0.39 is 10.0 Å². The molecule has 0 saturated heterocycles. The van der Waals surface area contributed by atoms with E-state index in [1.165, 1.54) is 24.4 Å². The van der Waals surface area contributed by atoms with Gasteiger partial charge in [0.1, 0.15) is 18.1 Å². The normalized spacial score (nSPS) is 17.6. The average molecular weight is 594 g/mol. The third-order valence-electron chi connectivity index (χ3n) is 7.75. The first-order valence-electron chi connectivity index (χ1n) is 14.2. The number of sulfonamides is 1. The smallest absolute Gasteiger partial charge is 0.263 e. The maximum absolute atomic E-state index is 13.7. The van der Waals surface area contributed by atoms with Crippen LogP contribution < -0.4 is 15.6 Å². The molecule has 0 radical (unpaired) electrons. The molecule has 0 aliphatic heterocycles. The van der Waals surface area contributed by atoms with Crippen LogP contribution in [0.15, 0.2) is 70.6 Å². The highest BCUT2D eigenvalue weighted by Crippen LogP contribution is 2.27. The summed E-state index contributed by atoms with van der Waals surface area (Å²) in [6.07, 6.45) is 7.01. The number of rotatable bonds is 10. The van der Waals surface area contributed by atoms with Crippen molar-refractivity contribution in [2.45, 2.75) is 62.6 Å². The molecule has 3 aromatic heterocycles. The molecular weight excluding hydrogens is 557 g/mol. The number of nitrogens with one attached hydrogen (secondary N) is 2. The highest BCUT2D eigenvalue weighted by molar-refractivity contribution is 7.92. The van der Waals surface area contributed by atoms with Gasteiger partial charge < -0.3 is 10.2 Å². The van der Waals surface area contributed by atoms with Gasteiger partial charge in [0.2, 0.25) is 5.95 Å². The number of halogens is 1. The SMILES string of the molecule is CC(C)n1c(=O)c(-c2ccc(NS(=O)(=O)c3ccccc3)nc2)cc2cnc(NC3CCC(N(C)CCF)CC3)nc21. The van der Waals surface area contributed by atoms with Crippen LogP contribution in [0, 0.1) is 0 Å². The van der Waals surface area contributed by atoms with Crippen molar-refractivity contribution in [1.29, 1.82) is 0 Å². The molecule has 2 N–H and O–H groups in total. The molecule has 1 aliphatic rings. The summed E-state index contributed by atoms with van der Waals surface area (Å²) in [6.45, 7) is 3.97. The van der Waals surface area contributed by atoms with Crippen molar-refractivity contribution >= 4 is 32.8 Å². The molecule has 0 atom stereocenters. The summed E-state index contributed by atoms with van der Waals surface area (Å²) in [6, 6.07) is 13.4. The second-order valence-corrected chi connectivity index (χ2v) is 12.7. The fourth-order valence-electron chi connectivity index (χ4n) is 5.44. The standard InChI is InChI=1S/C30H36FN7O3S/c1-20(2)38-28-22(19-33-30(35-28)34-23-10-12-24(13-11-23)37(3)16-15-31)17-26(29(38)39)21-9-14-27(32-18-21)36-42(40,41)25-7-5-4-6-8-25/h4-9,14,17-20,23-24H,10-13,15-16H2,1-3H3,(H,32,36)(H,33,34,35). The third kappa shape index (κ3) is 6.44. The Kier molecular flexibility index (Phi) is 8.83. The zero-order valence-corrected chi connectivity index (χ0v) is 24.8. The number of alkyl halides is 1. The fourth-order valence-corrected chi connectivity index (χ4v) is 6.47. The molecule has 1 fully saturated rings. The van der Waals surface area contributed by atoms with Crippen molar-refractivity contribution in [3.05, 3.63) is 71.3 Å². The van der Waals surface area contributed by atoms with Gasteiger partial charge in [0.05, 0.1) is 4.90 Å². The molecule has 0 spiro atoms. The second kappa shape index (κ2) is 12.5. The van der Waals surface area contributed by atoms with Crippen LogP contribution in [0.25, 0.3) is 22.2 Å². The predicted octanol–water partition coefficient (Wildman–Crippen LogP) is 4.86. The molecule has 10 nitrogen and oxygen atoms in total. The highest BCUT2D eigenvalue weighted by atomic mass is 32.2. The highest BCUT2D eigenvalue weighted by Gasteiger charge is 2.25. The van der Waals surface area contributed by atoms with Gasteiger partial charge >= 0.3 is 0 Å². The molecule has 0 amide bonds. The van der Waals surface area contributed by atoms with Gasteiger partial charge in [-0.2, -0.15) is 4.98 Å². The van der Waals surface area contributed by atoms with Crippen molar-refractivity contribution in [3.63, 3.8) is 0 Å². The van der Waals surface area contributed by atoms with E-state index in [0.29, 0.717) is 40.7 Å². The Labute approximate surface area is 245 Å². The van der Waals surface area contributed by atoms with E-state index >= 15 is 0 Å². The van der Waals surface area contributed by atoms with E-state index in [-0.39, 0.29) is 35.0 Å². The minimum atomic E-state index is -3.79. The number of aromatic nitrogens is 4. The topological polar surface area (TPSA) is 122 Å². The van der Waals surface area contributed by atoms with E-state index in [1.54, 1.807) is 41.1 Å². The second-order valence-electron chi connectivity index (χ2n) is 11.0. The number of nitrogens with zero attached hydrogens (tertiary/aromatic N) is 5. The zero-order valence-electron chi connectivity index (χ0n) is 24.0. The lowest BCUT2D eigenvalue weighted by atomic mass is 9.90. The van der Waals surface area contributed by atoms with Gasteiger partial charge in [-0.3, -0.25) is 14.1 Å². The minimum absolute atomic E-state index is 0.132. The monoisotopic (exact) mass is 593 g/mol. The van der Waals surface area contributed by atoms with Crippen LogP contribution in [0.2, 0.25) is 0 Å². The summed E-state index contributed by atoms with van der Waals surface area (Å²) in [5.74, 6) is 0.621. The van der Waals surface area contributed by atoms with Crippen molar-refractivity contribution in [2.75, 3.05) is 30.3 Å². The first-order chi connectivity index (χ1) is 20.2. The molecule has 42 heavy (non-hydrogen) atoms. The van der Waals surface area contributed by atoms with Crippen molar-refractivity contribution in [1.82, 2.24) is 24.4 Å². The summed E-state index contributed by atoms with van der Waals surface area (Å²) >= 11 is 0. The lowest BCUT2D eigenvalue weighted by Crippen LogP contribution is -2.39. The summed E-state index contributed by atoms with van der Waals surface area (Å²) in [4.78, 5) is 29.5. The Morgan fingerprint density at radius 3 is 2.43 bits per heavy atom. The van der Waals surface area contributed by atoms with Crippen molar-refractivity contribution in [2.24, 2.45) is 0 Å². The van der Waals surface area contributed by atoms with Crippen LogP contribution in [-0.4, -0.2) is 65.2 Å². The summed E-state index contributed by atoms with van der Waals surface area (Å²) in [5, 5.41) is 4.14. The molecule has 5 rings (SSSR count). The van der Waals surface area contributed by atoms with Crippen LogP contribution in [0.5, 0.6) is 0 Å². The Hall–Kier alpha value is -3.90. The molecule has 4 aromatic rings. The van der Waals surface area contributed by atoms with Gasteiger partial charge in [0.15, 0.2) is 0 Å². The van der Waals surface area contributed by atoms with Gasteiger partial charge in [0.25, 0.3) is 15.6 Å². The number of hydrogen-bond donors (Lipinski definition) is 2.